The molecular formula is C18H19NO2. The zero-order chi connectivity index (χ0) is 14.6. The summed E-state index contributed by atoms with van der Waals surface area (Å²) in [4.78, 5) is 27.2. The van der Waals surface area contributed by atoms with Crippen molar-refractivity contribution in [3.8, 4) is 0 Å². The Morgan fingerprint density at radius 1 is 1.00 bits per heavy atom. The van der Waals surface area contributed by atoms with Crippen LogP contribution in [0.1, 0.15) is 25.3 Å². The number of carbonyl (C=O) groups excluding carboxylic acids is 2. The molecule has 0 aromatic heterocycles. The Balaban J connectivity index is 1.79. The zero-order valence-electron chi connectivity index (χ0n) is 12.2. The van der Waals surface area contributed by atoms with Gasteiger partial charge < -0.3 is 0 Å². The molecule has 1 heterocycles. The molecule has 108 valence electrons. The average Bonchev–Trinajstić information content (AvgIpc) is 2.82. The molecule has 1 aliphatic heterocycles. The van der Waals surface area contributed by atoms with Gasteiger partial charge in [0.15, 0.2) is 0 Å². The standard InChI is InChI=1S/C18H19NO2/c1-2-11-5-3-4-6-14(11)19-17(20)15-12-7-8-13(10-9-12)16(15)18(19)21/h3-8,12-13,15-16H,2,9-10H2,1H3/t12-,13+,15-,16-/m0/s1. The minimum Gasteiger partial charge on any atom is -0.274 e. The Bertz CT molecular complexity index is 616. The van der Waals surface area contributed by atoms with E-state index in [2.05, 4.69) is 19.1 Å². The molecule has 4 atom stereocenters. The lowest BCUT2D eigenvalue weighted by Crippen LogP contribution is -2.38. The summed E-state index contributed by atoms with van der Waals surface area (Å²) < 4.78 is 0. The summed E-state index contributed by atoms with van der Waals surface area (Å²) in [5, 5.41) is 0. The van der Waals surface area contributed by atoms with Crippen molar-refractivity contribution < 1.29 is 9.59 Å². The fourth-order valence-corrected chi connectivity index (χ4v) is 4.34. The number of benzene rings is 1. The minimum atomic E-state index is -0.119. The SMILES string of the molecule is CCc1ccccc1N1C(=O)[C@@H]2[C@@H](C1=O)[C@H]1C=C[C@@H]2CC1. The highest BCUT2D eigenvalue weighted by molar-refractivity contribution is 6.22. The van der Waals surface area contributed by atoms with Crippen LogP contribution in [-0.2, 0) is 16.0 Å². The van der Waals surface area contributed by atoms with Gasteiger partial charge in [0.2, 0.25) is 11.8 Å². The Morgan fingerprint density at radius 3 is 2.10 bits per heavy atom. The average molecular weight is 281 g/mol. The van der Waals surface area contributed by atoms with Crippen LogP contribution in [0.4, 0.5) is 5.69 Å². The molecule has 3 nitrogen and oxygen atoms in total. The van der Waals surface area contributed by atoms with E-state index < -0.39 is 0 Å². The monoisotopic (exact) mass is 281 g/mol. The van der Waals surface area contributed by atoms with Gasteiger partial charge in [-0.1, -0.05) is 37.3 Å². The van der Waals surface area contributed by atoms with E-state index >= 15 is 0 Å². The van der Waals surface area contributed by atoms with Crippen molar-refractivity contribution in [1.82, 2.24) is 0 Å². The van der Waals surface area contributed by atoms with Crippen LogP contribution in [0, 0.1) is 23.7 Å². The van der Waals surface area contributed by atoms with Crippen molar-refractivity contribution in [2.24, 2.45) is 23.7 Å². The maximum Gasteiger partial charge on any atom is 0.238 e. The van der Waals surface area contributed by atoms with Crippen LogP contribution in [0.3, 0.4) is 0 Å². The zero-order valence-corrected chi connectivity index (χ0v) is 12.2. The third-order valence-corrected chi connectivity index (χ3v) is 5.37. The number of fused-ring (bicyclic) bond motifs is 1. The van der Waals surface area contributed by atoms with Gasteiger partial charge in [0.05, 0.1) is 17.5 Å². The van der Waals surface area contributed by atoms with E-state index in [0.717, 1.165) is 30.5 Å². The Morgan fingerprint density at radius 2 is 1.57 bits per heavy atom. The van der Waals surface area contributed by atoms with Crippen LogP contribution in [0.2, 0.25) is 0 Å². The second kappa shape index (κ2) is 4.55. The minimum absolute atomic E-state index is 0.0185. The normalized spacial score (nSPS) is 33.7. The lowest BCUT2D eigenvalue weighted by molar-refractivity contribution is -0.124. The number of hydrogen-bond donors (Lipinski definition) is 0. The predicted molar refractivity (Wildman–Crippen MR) is 80.6 cm³/mol. The molecule has 1 saturated heterocycles. The van der Waals surface area contributed by atoms with Crippen LogP contribution < -0.4 is 4.90 Å². The van der Waals surface area contributed by atoms with Crippen molar-refractivity contribution in [3.63, 3.8) is 0 Å². The highest BCUT2D eigenvalue weighted by atomic mass is 16.2. The molecule has 1 aromatic carbocycles. The summed E-state index contributed by atoms with van der Waals surface area (Å²) in [6, 6.07) is 7.78. The van der Waals surface area contributed by atoms with Crippen molar-refractivity contribution in [3.05, 3.63) is 42.0 Å². The smallest absolute Gasteiger partial charge is 0.238 e. The topological polar surface area (TPSA) is 37.4 Å². The number of amides is 2. The van der Waals surface area contributed by atoms with Gasteiger partial charge >= 0.3 is 0 Å². The van der Waals surface area contributed by atoms with Crippen LogP contribution in [0.5, 0.6) is 0 Å². The summed E-state index contributed by atoms with van der Waals surface area (Å²) in [7, 11) is 0. The van der Waals surface area contributed by atoms with E-state index in [9.17, 15) is 9.59 Å². The van der Waals surface area contributed by atoms with E-state index in [1.807, 2.05) is 24.3 Å². The van der Waals surface area contributed by atoms with Crippen molar-refractivity contribution in [2.75, 3.05) is 4.90 Å². The fraction of sp³-hybridized carbons (Fsp3) is 0.444. The molecule has 2 fully saturated rings. The fourth-order valence-electron chi connectivity index (χ4n) is 4.34. The van der Waals surface area contributed by atoms with Gasteiger partial charge in [0.25, 0.3) is 0 Å². The number of allylic oxidation sites excluding steroid dienone is 2. The van der Waals surface area contributed by atoms with Gasteiger partial charge in [-0.15, -0.1) is 0 Å². The number of carbonyl (C=O) groups is 2. The van der Waals surface area contributed by atoms with E-state index in [1.165, 1.54) is 4.90 Å². The molecule has 0 N–H and O–H groups in total. The van der Waals surface area contributed by atoms with E-state index in [0.29, 0.717) is 0 Å². The highest BCUT2D eigenvalue weighted by Gasteiger charge is 2.57. The second-order valence-corrected chi connectivity index (χ2v) is 6.34. The van der Waals surface area contributed by atoms with E-state index in [1.54, 1.807) is 0 Å². The summed E-state index contributed by atoms with van der Waals surface area (Å²) in [5.74, 6) is 0.317. The number of anilines is 1. The number of nitrogens with zero attached hydrogens (tertiary/aromatic N) is 1. The molecule has 2 bridgehead atoms. The molecule has 5 rings (SSSR count). The van der Waals surface area contributed by atoms with Crippen LogP contribution in [-0.4, -0.2) is 11.8 Å². The summed E-state index contributed by atoms with van der Waals surface area (Å²) >= 11 is 0. The summed E-state index contributed by atoms with van der Waals surface area (Å²) in [5.41, 5.74) is 1.86. The number of aryl methyl sites for hydroxylation is 1. The molecule has 0 radical (unpaired) electrons. The van der Waals surface area contributed by atoms with Gasteiger partial charge in [0.1, 0.15) is 0 Å². The Labute approximate surface area is 124 Å². The van der Waals surface area contributed by atoms with Crippen molar-refractivity contribution in [1.29, 1.82) is 0 Å². The van der Waals surface area contributed by atoms with Crippen molar-refractivity contribution in [2.45, 2.75) is 26.2 Å². The van der Waals surface area contributed by atoms with Crippen LogP contribution in [0.25, 0.3) is 0 Å². The summed E-state index contributed by atoms with van der Waals surface area (Å²) in [6.07, 6.45) is 7.24. The molecule has 2 amide bonds. The first-order valence-corrected chi connectivity index (χ1v) is 7.86. The molecule has 0 spiro atoms. The lowest BCUT2D eigenvalue weighted by atomic mass is 9.63. The number of hydrogen-bond acceptors (Lipinski definition) is 2. The largest absolute Gasteiger partial charge is 0.274 e. The maximum absolute atomic E-state index is 12.9. The van der Waals surface area contributed by atoms with Gasteiger partial charge in [-0.05, 0) is 42.7 Å². The number of imide groups is 1. The van der Waals surface area contributed by atoms with E-state index in [4.69, 9.17) is 0 Å². The molecule has 0 unspecified atom stereocenters. The molecule has 1 saturated carbocycles. The molecular weight excluding hydrogens is 262 g/mol. The third kappa shape index (κ3) is 1.66. The Hall–Kier alpha value is -1.90. The molecule has 3 aliphatic carbocycles. The van der Waals surface area contributed by atoms with Gasteiger partial charge in [-0.25, -0.2) is 4.90 Å². The lowest BCUT2D eigenvalue weighted by Gasteiger charge is -2.38. The molecule has 3 heteroatoms. The first-order valence-electron chi connectivity index (χ1n) is 7.86. The van der Waals surface area contributed by atoms with Gasteiger partial charge in [-0.2, -0.15) is 0 Å². The first kappa shape index (κ1) is 12.8. The summed E-state index contributed by atoms with van der Waals surface area (Å²) in [6.45, 7) is 2.06. The molecule has 21 heavy (non-hydrogen) atoms. The Kier molecular flexibility index (Phi) is 2.78. The second-order valence-electron chi connectivity index (χ2n) is 6.34. The number of rotatable bonds is 2. The van der Waals surface area contributed by atoms with Crippen LogP contribution >= 0.6 is 0 Å². The predicted octanol–water partition coefficient (Wildman–Crippen LogP) is 2.95. The third-order valence-electron chi connectivity index (χ3n) is 5.37. The number of para-hydroxylation sites is 1. The van der Waals surface area contributed by atoms with Crippen LogP contribution in [0.15, 0.2) is 36.4 Å². The quantitative estimate of drug-likeness (QED) is 0.617. The maximum atomic E-state index is 12.9. The van der Waals surface area contributed by atoms with Gasteiger partial charge in [0, 0.05) is 0 Å². The molecule has 1 aromatic rings. The van der Waals surface area contributed by atoms with Crippen molar-refractivity contribution >= 4 is 17.5 Å². The first-order chi connectivity index (χ1) is 10.2. The van der Waals surface area contributed by atoms with Gasteiger partial charge in [-0.3, -0.25) is 9.59 Å². The molecule has 4 aliphatic rings. The van der Waals surface area contributed by atoms with E-state index in [-0.39, 0.29) is 35.5 Å². The highest BCUT2D eigenvalue weighted by Crippen LogP contribution is 2.50.